The predicted molar refractivity (Wildman–Crippen MR) is 304 cm³/mol. The van der Waals surface area contributed by atoms with Crippen molar-refractivity contribution in [2.24, 2.45) is 68.4 Å². The highest BCUT2D eigenvalue weighted by Gasteiger charge is 2.54. The van der Waals surface area contributed by atoms with Gasteiger partial charge in [0.2, 0.25) is 11.8 Å². The second kappa shape index (κ2) is 33.6. The number of carboxylic acid groups (broad SMARTS) is 1. The van der Waals surface area contributed by atoms with Gasteiger partial charge in [-0.1, -0.05) is 77.6 Å². The molecule has 0 bridgehead atoms. The summed E-state index contributed by atoms with van der Waals surface area (Å²) >= 11 is 0. The number of nitrogens with zero attached hydrogens (tertiary/aromatic N) is 2. The molecule has 2 aromatic carbocycles. The molecular weight excluding hydrogens is 1050 g/mol. The Morgan fingerprint density at radius 2 is 1.09 bits per heavy atom. The average molecular weight is 1140 g/mol. The molecule has 448 valence electrons. The van der Waals surface area contributed by atoms with Gasteiger partial charge in [0.1, 0.15) is 17.6 Å². The number of carboxylic acids is 1. The highest BCUT2D eigenvalue weighted by Crippen LogP contribution is 2.42. The normalized spacial score (nSPS) is 21.0. The quantitative estimate of drug-likeness (QED) is 0.0151. The van der Waals surface area contributed by atoms with E-state index in [0.717, 1.165) is 24.0 Å². The number of aromatic hydroxyl groups is 2. The van der Waals surface area contributed by atoms with Gasteiger partial charge in [-0.3, -0.25) is 19.2 Å². The van der Waals surface area contributed by atoms with Gasteiger partial charge in [-0.25, -0.2) is 24.4 Å². The number of carbonyl (C=O) groups excluding carboxylic acids is 6. The van der Waals surface area contributed by atoms with E-state index in [2.05, 4.69) is 25.9 Å². The van der Waals surface area contributed by atoms with Gasteiger partial charge in [-0.15, -0.1) is 0 Å². The number of phenolic OH excluding ortho intramolecular Hbond substituents is 2. The number of aliphatic carboxylic acids is 1. The number of carbonyl (C=O) groups is 7. The minimum atomic E-state index is -1.17. The summed E-state index contributed by atoms with van der Waals surface area (Å²) in [6.45, 7) is 14.4. The number of phenols is 2. The van der Waals surface area contributed by atoms with Gasteiger partial charge in [0.25, 0.3) is 0 Å². The summed E-state index contributed by atoms with van der Waals surface area (Å²) in [6.07, 6.45) is 6.07. The molecule has 0 spiro atoms. The number of amides is 3. The van der Waals surface area contributed by atoms with Crippen molar-refractivity contribution in [2.45, 2.75) is 143 Å². The number of nitrogens with two attached hydrogens (primary N) is 4. The van der Waals surface area contributed by atoms with Crippen molar-refractivity contribution in [2.75, 3.05) is 26.4 Å². The Morgan fingerprint density at radius 1 is 0.654 bits per heavy atom. The van der Waals surface area contributed by atoms with Crippen LogP contribution in [0.2, 0.25) is 0 Å². The Morgan fingerprint density at radius 3 is 1.52 bits per heavy atom. The number of rotatable bonds is 27. The fraction of sp³-hybridized carbons (Fsp3) is 0.561. The number of aryl methyl sites for hydroxylation is 2. The van der Waals surface area contributed by atoms with E-state index in [0.29, 0.717) is 24.0 Å². The van der Waals surface area contributed by atoms with E-state index >= 15 is 0 Å². The number of alkyl carbamates (subject to hydrolysis) is 1. The number of ether oxygens (including phenoxy) is 4. The van der Waals surface area contributed by atoms with Crippen LogP contribution < -0.4 is 38.9 Å². The maximum absolute atomic E-state index is 12.9. The molecule has 2 aliphatic carbocycles. The number of benzene rings is 2. The molecule has 2 saturated carbocycles. The molecule has 2 aliphatic rings. The maximum atomic E-state index is 12.9. The minimum Gasteiger partial charge on any atom is -0.508 e. The van der Waals surface area contributed by atoms with Crippen LogP contribution in [0.25, 0.3) is 12.2 Å². The first-order chi connectivity index (χ1) is 38.3. The van der Waals surface area contributed by atoms with Crippen molar-refractivity contribution in [3.05, 3.63) is 70.8 Å². The van der Waals surface area contributed by atoms with Gasteiger partial charge in [0.05, 0.1) is 49.8 Å². The van der Waals surface area contributed by atoms with E-state index in [-0.39, 0.29) is 99.1 Å². The van der Waals surface area contributed by atoms with E-state index < -0.39 is 90.0 Å². The molecule has 10 atom stereocenters. The fourth-order valence-corrected chi connectivity index (χ4v) is 10.4. The number of esters is 3. The first-order valence-electron chi connectivity index (χ1n) is 27.4. The second-order valence-corrected chi connectivity index (χ2v) is 20.3. The Hall–Kier alpha value is -7.89. The van der Waals surface area contributed by atoms with Crippen LogP contribution in [0.1, 0.15) is 115 Å². The summed E-state index contributed by atoms with van der Waals surface area (Å²) in [5.74, 6) is -6.81. The molecule has 24 nitrogen and oxygen atoms in total. The number of aliphatic hydroxyl groups excluding tert-OH is 1. The van der Waals surface area contributed by atoms with Crippen LogP contribution in [0, 0.1) is 49.4 Å². The van der Waals surface area contributed by atoms with Crippen LogP contribution in [0.3, 0.4) is 0 Å². The smallest absolute Gasteiger partial charge is 0.407 e. The van der Waals surface area contributed by atoms with Gasteiger partial charge in [-0.2, -0.15) is 0 Å². The highest BCUT2D eigenvalue weighted by atomic mass is 16.6. The number of nitrogens with one attached hydrogen (secondary N) is 3. The topological polar surface area (TPSA) is 402 Å². The molecule has 2 aromatic rings. The summed E-state index contributed by atoms with van der Waals surface area (Å²) in [5, 5.41) is 49.1. The number of aliphatic hydroxyl groups is 1. The van der Waals surface area contributed by atoms with Gasteiger partial charge in [-0.05, 0) is 91.5 Å². The number of aliphatic imine (C=N–C) groups is 2. The third-order valence-electron chi connectivity index (χ3n) is 14.5. The molecule has 0 aliphatic heterocycles. The lowest BCUT2D eigenvalue weighted by atomic mass is 9.80. The van der Waals surface area contributed by atoms with Crippen molar-refractivity contribution in [1.29, 1.82) is 0 Å². The van der Waals surface area contributed by atoms with Crippen molar-refractivity contribution < 1.29 is 72.9 Å². The molecule has 15 N–H and O–H groups in total. The number of hydrogen-bond donors (Lipinski definition) is 11. The molecule has 0 aromatic heterocycles. The summed E-state index contributed by atoms with van der Waals surface area (Å²) in [6, 6.07) is 7.84. The van der Waals surface area contributed by atoms with Gasteiger partial charge in [0.15, 0.2) is 11.9 Å². The number of guanidine groups is 2. The Labute approximate surface area is 473 Å². The number of hydrogen-bond acceptors (Lipinski definition) is 16. The Balaban J connectivity index is 0.000000426. The van der Waals surface area contributed by atoms with Crippen molar-refractivity contribution >= 4 is 65.9 Å². The van der Waals surface area contributed by atoms with E-state index in [1.54, 1.807) is 44.2 Å². The standard InChI is InChI=1S/C29H43N5O8.C28H42N4O7/c1-5-19(6-2)25(33-17(4)35)24-21(34-28(30)31)15-20(27(38)39)26(24)42-29(40)32-12-7-13-41-23(37)11-10-18-9-8-16(3)22(36)14-18;1-5-19(6-2)25(31-17(4)33)24-21(32-28(29)30)15-20(26(24)36)27(37)39-13-7-12-38-23(35)11-10-18-9-8-16(3)22(34)14-18/h8-11,14,19-21,24-26,36H,5-7,12-13,15H2,1-4H3,(H,32,40)(H,33,35)(H,38,39)(H4,30,31,34);8-11,14,19-21,24-26,34,36H,5-7,12-13,15H2,1-4H3,(H,31,33)(H4,29,30,32)/b2*11-10+/t20-,21+,24+,25-,26+;20?,21-,24-,25+,26-/m01/s1. The third-order valence-corrected chi connectivity index (χ3v) is 14.5. The van der Waals surface area contributed by atoms with Crippen LogP contribution in [0.4, 0.5) is 4.79 Å². The second-order valence-electron chi connectivity index (χ2n) is 20.3. The van der Waals surface area contributed by atoms with Crippen molar-refractivity contribution in [3.8, 4) is 11.5 Å². The van der Waals surface area contributed by atoms with Gasteiger partial charge in [0, 0.05) is 62.9 Å². The first-order valence-corrected chi connectivity index (χ1v) is 27.4. The largest absolute Gasteiger partial charge is 0.508 e. The molecular formula is C57H85N9O15. The van der Waals surface area contributed by atoms with Crippen LogP contribution >= 0.6 is 0 Å². The Kier molecular flexibility index (Phi) is 28.0. The summed E-state index contributed by atoms with van der Waals surface area (Å²) in [7, 11) is 0. The van der Waals surface area contributed by atoms with Crippen LogP contribution in [0.5, 0.6) is 11.5 Å². The van der Waals surface area contributed by atoms with Gasteiger partial charge >= 0.3 is 30.0 Å². The SMILES string of the molecule is CCC(CC)[C@H](NC(C)=O)[C@@H]1[C@H](O)C(C(=O)OCCCOC(=O)/C=C/c2ccc(C)c(O)c2)C[C@H]1N=C(N)N.CCC(CC)[C@H](NC(C)=O)[C@@H]1[C@H](OC(=O)NCCCOC(=O)/C=C/c2ccc(C)c(O)c2)[C@@H](C(=O)O)C[C@H]1N=C(N)N. The van der Waals surface area contributed by atoms with E-state index in [1.165, 1.54) is 44.2 Å². The van der Waals surface area contributed by atoms with E-state index in [4.69, 9.17) is 41.9 Å². The zero-order valence-electron chi connectivity index (χ0n) is 47.7. The van der Waals surface area contributed by atoms with Crippen LogP contribution in [0.15, 0.2) is 58.5 Å². The van der Waals surface area contributed by atoms with Crippen molar-refractivity contribution in [3.63, 3.8) is 0 Å². The van der Waals surface area contributed by atoms with E-state index in [1.807, 2.05) is 27.7 Å². The summed E-state index contributed by atoms with van der Waals surface area (Å²) in [4.78, 5) is 94.4. The monoisotopic (exact) mass is 1140 g/mol. The molecule has 0 radical (unpaired) electrons. The molecule has 4 rings (SSSR count). The summed E-state index contributed by atoms with van der Waals surface area (Å²) in [5.41, 5.74) is 25.3. The third kappa shape index (κ3) is 21.6. The average Bonchev–Trinajstić information content (AvgIpc) is 4.17. The van der Waals surface area contributed by atoms with Crippen molar-refractivity contribution in [1.82, 2.24) is 16.0 Å². The van der Waals surface area contributed by atoms with Crippen LogP contribution in [-0.4, -0.2) is 137 Å². The van der Waals surface area contributed by atoms with E-state index in [9.17, 15) is 54.0 Å². The van der Waals surface area contributed by atoms with Crippen LogP contribution in [-0.2, 0) is 47.7 Å². The Bertz CT molecular complexity index is 2560. The predicted octanol–water partition coefficient (Wildman–Crippen LogP) is 3.82. The first kappa shape index (κ1) is 67.4. The zero-order chi connectivity index (χ0) is 60.5. The molecule has 0 saturated heterocycles. The molecule has 0 heterocycles. The molecule has 24 heteroatoms. The lowest BCUT2D eigenvalue weighted by Crippen LogP contribution is -2.52. The van der Waals surface area contributed by atoms with Gasteiger partial charge < -0.3 is 78.3 Å². The lowest BCUT2D eigenvalue weighted by molar-refractivity contribution is -0.153. The summed E-state index contributed by atoms with van der Waals surface area (Å²) < 4.78 is 21.3. The maximum Gasteiger partial charge on any atom is 0.407 e. The molecule has 81 heavy (non-hydrogen) atoms. The fourth-order valence-electron chi connectivity index (χ4n) is 10.4. The highest BCUT2D eigenvalue weighted by molar-refractivity contribution is 5.88. The molecule has 1 unspecified atom stereocenters. The molecule has 3 amide bonds. The zero-order valence-corrected chi connectivity index (χ0v) is 47.7. The molecule has 2 fully saturated rings. The minimum absolute atomic E-state index is 0.00974. The lowest BCUT2D eigenvalue weighted by Gasteiger charge is -2.36.